The molecule has 0 radical (unpaired) electrons. The summed E-state index contributed by atoms with van der Waals surface area (Å²) in [5.41, 5.74) is 0. The topological polar surface area (TPSA) is 51.5 Å². The Labute approximate surface area is 167 Å². The molecule has 1 N–H and O–H groups in total. The molecule has 2 bridgehead atoms. The van der Waals surface area contributed by atoms with Crippen LogP contribution in [0.5, 0.6) is 5.75 Å². The number of halogens is 1. The van der Waals surface area contributed by atoms with E-state index in [-0.39, 0.29) is 11.9 Å². The summed E-state index contributed by atoms with van der Waals surface area (Å²) in [7, 11) is 0. The first-order chi connectivity index (χ1) is 12.6. The number of fused-ring (bicyclic) bond motifs is 2. The smallest absolute Gasteiger partial charge is 0.287 e. The zero-order valence-corrected chi connectivity index (χ0v) is 17.1. The molecule has 4 atom stereocenters. The van der Waals surface area contributed by atoms with Crippen LogP contribution in [0.3, 0.4) is 0 Å². The molecule has 0 aliphatic heterocycles. The molecule has 1 aromatic heterocycles. The molecule has 2 fully saturated rings. The molecule has 0 spiro atoms. The van der Waals surface area contributed by atoms with E-state index in [1.165, 1.54) is 25.7 Å². The van der Waals surface area contributed by atoms with Gasteiger partial charge in [0.25, 0.3) is 5.91 Å². The lowest BCUT2D eigenvalue weighted by atomic mass is 9.84. The van der Waals surface area contributed by atoms with Crippen LogP contribution in [0.4, 0.5) is 0 Å². The normalized spacial score (nSPS) is 25.2. The summed E-state index contributed by atoms with van der Waals surface area (Å²) in [6.45, 7) is 2.45. The molecule has 138 valence electrons. The number of hydrogen-bond acceptors (Lipinski definition) is 3. The molecule has 1 heterocycles. The van der Waals surface area contributed by atoms with Crippen LogP contribution in [0, 0.1) is 21.3 Å². The second-order valence-corrected chi connectivity index (χ2v) is 8.86. The van der Waals surface area contributed by atoms with E-state index < -0.39 is 0 Å². The zero-order valence-electron chi connectivity index (χ0n) is 14.9. The van der Waals surface area contributed by atoms with Gasteiger partial charge >= 0.3 is 0 Å². The van der Waals surface area contributed by atoms with Crippen molar-refractivity contribution in [2.24, 2.45) is 17.8 Å². The average molecular weight is 465 g/mol. The molecule has 26 heavy (non-hydrogen) atoms. The number of nitrogens with one attached hydrogen (secondary N) is 1. The van der Waals surface area contributed by atoms with Gasteiger partial charge in [0.1, 0.15) is 18.1 Å². The maximum absolute atomic E-state index is 12.5. The predicted octanol–water partition coefficient (Wildman–Crippen LogP) is 5.02. The molecular formula is C21H24INO3. The Kier molecular flexibility index (Phi) is 5.25. The van der Waals surface area contributed by atoms with Crippen LogP contribution < -0.4 is 10.1 Å². The lowest BCUT2D eigenvalue weighted by Gasteiger charge is -2.28. The van der Waals surface area contributed by atoms with Crippen LogP contribution in [-0.4, -0.2) is 11.9 Å². The van der Waals surface area contributed by atoms with Crippen molar-refractivity contribution < 1.29 is 13.9 Å². The predicted molar refractivity (Wildman–Crippen MR) is 108 cm³/mol. The standard InChI is InChI=1S/C21H24INO3/c1-13(19-11-14-2-3-15(19)10-14)23-21(24)20-9-8-18(26-20)12-25-17-6-4-16(22)5-7-17/h4-9,13-15,19H,2-3,10-12H2,1H3,(H,23,24). The first kappa shape index (κ1) is 17.9. The van der Waals surface area contributed by atoms with Gasteiger partial charge in [-0.3, -0.25) is 4.79 Å². The summed E-state index contributed by atoms with van der Waals surface area (Å²) in [6.07, 6.45) is 5.32. The highest BCUT2D eigenvalue weighted by atomic mass is 127. The molecule has 4 rings (SSSR count). The van der Waals surface area contributed by atoms with Gasteiger partial charge in [-0.15, -0.1) is 0 Å². The van der Waals surface area contributed by atoms with E-state index in [2.05, 4.69) is 34.8 Å². The monoisotopic (exact) mass is 465 g/mol. The quantitative estimate of drug-likeness (QED) is 0.610. The van der Waals surface area contributed by atoms with Crippen LogP contribution in [0.25, 0.3) is 0 Å². The van der Waals surface area contributed by atoms with Crippen LogP contribution in [0.2, 0.25) is 0 Å². The first-order valence-electron chi connectivity index (χ1n) is 9.36. The summed E-state index contributed by atoms with van der Waals surface area (Å²) >= 11 is 2.26. The van der Waals surface area contributed by atoms with Gasteiger partial charge < -0.3 is 14.5 Å². The van der Waals surface area contributed by atoms with E-state index in [0.717, 1.165) is 21.2 Å². The van der Waals surface area contributed by atoms with Gasteiger partial charge in [-0.05, 0) is 103 Å². The fourth-order valence-corrected chi connectivity index (χ4v) is 4.91. The lowest BCUT2D eigenvalue weighted by molar-refractivity contribution is 0.0883. The van der Waals surface area contributed by atoms with Gasteiger partial charge in [-0.25, -0.2) is 0 Å². The van der Waals surface area contributed by atoms with Crippen LogP contribution >= 0.6 is 22.6 Å². The minimum absolute atomic E-state index is 0.124. The van der Waals surface area contributed by atoms with Gasteiger partial charge in [0.05, 0.1) is 0 Å². The zero-order chi connectivity index (χ0) is 18.1. The maximum Gasteiger partial charge on any atom is 0.287 e. The minimum atomic E-state index is -0.124. The highest BCUT2D eigenvalue weighted by Gasteiger charge is 2.42. The number of carbonyl (C=O) groups excluding carboxylic acids is 1. The van der Waals surface area contributed by atoms with Crippen LogP contribution in [-0.2, 0) is 6.61 Å². The molecule has 1 amide bonds. The third-order valence-electron chi connectivity index (χ3n) is 5.87. The number of amides is 1. The molecule has 2 aliphatic rings. The highest BCUT2D eigenvalue weighted by molar-refractivity contribution is 14.1. The number of ether oxygens (including phenoxy) is 1. The Morgan fingerprint density at radius 3 is 2.73 bits per heavy atom. The summed E-state index contributed by atoms with van der Waals surface area (Å²) in [4.78, 5) is 12.5. The number of rotatable bonds is 6. The number of furan rings is 1. The van der Waals surface area contributed by atoms with E-state index in [0.29, 0.717) is 24.0 Å². The number of benzene rings is 1. The van der Waals surface area contributed by atoms with Gasteiger partial charge in [-0.1, -0.05) is 6.42 Å². The fourth-order valence-electron chi connectivity index (χ4n) is 4.55. The van der Waals surface area contributed by atoms with E-state index in [1.54, 1.807) is 6.07 Å². The summed E-state index contributed by atoms with van der Waals surface area (Å²) in [6, 6.07) is 11.6. The minimum Gasteiger partial charge on any atom is -0.486 e. The summed E-state index contributed by atoms with van der Waals surface area (Å²) in [5.74, 6) is 3.99. The molecule has 2 saturated carbocycles. The van der Waals surface area contributed by atoms with Crippen molar-refractivity contribution in [3.05, 3.63) is 51.5 Å². The second kappa shape index (κ2) is 7.62. The molecule has 4 nitrogen and oxygen atoms in total. The maximum atomic E-state index is 12.5. The molecule has 5 heteroatoms. The van der Waals surface area contributed by atoms with Gasteiger partial charge in [-0.2, -0.15) is 0 Å². The molecular weight excluding hydrogens is 441 g/mol. The van der Waals surface area contributed by atoms with Crippen molar-refractivity contribution >= 4 is 28.5 Å². The van der Waals surface area contributed by atoms with Gasteiger partial charge in [0.15, 0.2) is 5.76 Å². The van der Waals surface area contributed by atoms with E-state index in [4.69, 9.17) is 9.15 Å². The highest BCUT2D eigenvalue weighted by Crippen LogP contribution is 2.49. The molecule has 0 saturated heterocycles. The SMILES string of the molecule is CC(NC(=O)c1ccc(COc2ccc(I)cc2)o1)C1CC2CCC1C2. The largest absolute Gasteiger partial charge is 0.486 e. The van der Waals surface area contributed by atoms with Crippen molar-refractivity contribution in [3.63, 3.8) is 0 Å². The Hall–Kier alpha value is -1.50. The van der Waals surface area contributed by atoms with E-state index in [1.807, 2.05) is 30.3 Å². The van der Waals surface area contributed by atoms with Crippen molar-refractivity contribution in [3.8, 4) is 5.75 Å². The van der Waals surface area contributed by atoms with Crippen molar-refractivity contribution in [1.29, 1.82) is 0 Å². The van der Waals surface area contributed by atoms with Crippen LogP contribution in [0.15, 0.2) is 40.8 Å². The van der Waals surface area contributed by atoms with Gasteiger partial charge in [0, 0.05) is 9.61 Å². The second-order valence-electron chi connectivity index (χ2n) is 7.61. The lowest BCUT2D eigenvalue weighted by Crippen LogP contribution is -2.40. The summed E-state index contributed by atoms with van der Waals surface area (Å²) in [5, 5.41) is 3.14. The first-order valence-corrected chi connectivity index (χ1v) is 10.4. The number of carbonyl (C=O) groups is 1. The Morgan fingerprint density at radius 2 is 2.04 bits per heavy atom. The van der Waals surface area contributed by atoms with Gasteiger partial charge in [0.2, 0.25) is 0 Å². The number of hydrogen-bond donors (Lipinski definition) is 1. The van der Waals surface area contributed by atoms with E-state index in [9.17, 15) is 4.79 Å². The molecule has 4 unspecified atom stereocenters. The molecule has 2 aromatic rings. The van der Waals surface area contributed by atoms with E-state index >= 15 is 0 Å². The van der Waals surface area contributed by atoms with Crippen molar-refractivity contribution in [2.75, 3.05) is 0 Å². The molecule has 1 aromatic carbocycles. The summed E-state index contributed by atoms with van der Waals surface area (Å²) < 4.78 is 12.5. The molecule has 2 aliphatic carbocycles. The third kappa shape index (κ3) is 3.92. The Balaban J connectivity index is 1.30. The average Bonchev–Trinajstić information content (AvgIpc) is 3.37. The third-order valence-corrected chi connectivity index (χ3v) is 6.59. The van der Waals surface area contributed by atoms with Crippen LogP contribution in [0.1, 0.15) is 48.9 Å². The van der Waals surface area contributed by atoms with Crippen molar-refractivity contribution in [2.45, 2.75) is 45.3 Å². The Bertz CT molecular complexity index is 770. The Morgan fingerprint density at radius 1 is 1.23 bits per heavy atom. The fraction of sp³-hybridized carbons (Fsp3) is 0.476. The van der Waals surface area contributed by atoms with Crippen molar-refractivity contribution in [1.82, 2.24) is 5.32 Å².